The molecule has 0 N–H and O–H groups in total. The highest BCUT2D eigenvalue weighted by atomic mass is 16.6. The molecule has 0 radical (unpaired) electrons. The van der Waals surface area contributed by atoms with Crippen molar-refractivity contribution in [2.24, 2.45) is 5.92 Å². The number of hydrogen-bond donors (Lipinski definition) is 0. The molecule has 0 spiro atoms. The van der Waals surface area contributed by atoms with Crippen molar-refractivity contribution in [2.45, 2.75) is 51.0 Å². The molecule has 4 heteroatoms. The summed E-state index contributed by atoms with van der Waals surface area (Å²) in [6.07, 6.45) is 7.92. The Balaban J connectivity index is 1.59. The summed E-state index contributed by atoms with van der Waals surface area (Å²) in [4.78, 5) is 15.1. The van der Waals surface area contributed by atoms with Crippen molar-refractivity contribution in [1.29, 1.82) is 0 Å². The number of hydrogen-bond acceptors (Lipinski definition) is 3. The summed E-state index contributed by atoms with van der Waals surface area (Å²) < 4.78 is 11.6. The van der Waals surface area contributed by atoms with Crippen LogP contribution in [0.15, 0.2) is 18.2 Å². The Morgan fingerprint density at radius 2 is 1.83 bits per heavy atom. The first kappa shape index (κ1) is 14.9. The zero-order valence-corrected chi connectivity index (χ0v) is 13.6. The standard InChI is InChI=1S/C19H25NO3/c21-19(14-6-2-1-3-7-14)20-11-5-9-16(20)15-8-4-10-17-18(15)23-13-12-22-17/h4,8,10,14,16H,1-3,5-7,9,11-13H2/t16-/m0/s1. The van der Waals surface area contributed by atoms with Crippen LogP contribution >= 0.6 is 0 Å². The van der Waals surface area contributed by atoms with Crippen molar-refractivity contribution in [1.82, 2.24) is 4.90 Å². The summed E-state index contributed by atoms with van der Waals surface area (Å²) in [5.74, 6) is 2.28. The summed E-state index contributed by atoms with van der Waals surface area (Å²) in [5, 5.41) is 0. The van der Waals surface area contributed by atoms with Gasteiger partial charge in [0, 0.05) is 18.0 Å². The topological polar surface area (TPSA) is 38.8 Å². The highest BCUT2D eigenvalue weighted by Gasteiger charge is 2.36. The molecule has 1 amide bonds. The third-order valence-electron chi connectivity index (χ3n) is 5.45. The van der Waals surface area contributed by atoms with Gasteiger partial charge >= 0.3 is 0 Å². The van der Waals surface area contributed by atoms with Crippen LogP contribution in [0.5, 0.6) is 11.5 Å². The van der Waals surface area contributed by atoms with Gasteiger partial charge in [-0.15, -0.1) is 0 Å². The van der Waals surface area contributed by atoms with Gasteiger partial charge in [0.25, 0.3) is 0 Å². The van der Waals surface area contributed by atoms with E-state index in [4.69, 9.17) is 9.47 Å². The fourth-order valence-electron chi connectivity index (χ4n) is 4.30. The van der Waals surface area contributed by atoms with Crippen LogP contribution in [0.3, 0.4) is 0 Å². The Morgan fingerprint density at radius 3 is 2.70 bits per heavy atom. The van der Waals surface area contributed by atoms with Crippen LogP contribution < -0.4 is 9.47 Å². The van der Waals surface area contributed by atoms with Crippen LogP contribution in [0.25, 0.3) is 0 Å². The molecule has 23 heavy (non-hydrogen) atoms. The van der Waals surface area contributed by atoms with E-state index in [-0.39, 0.29) is 12.0 Å². The molecular weight excluding hydrogens is 290 g/mol. The lowest BCUT2D eigenvalue weighted by atomic mass is 9.88. The molecule has 0 aromatic heterocycles. The zero-order chi connectivity index (χ0) is 15.6. The third kappa shape index (κ3) is 2.79. The highest BCUT2D eigenvalue weighted by Crippen LogP contribution is 2.43. The number of para-hydroxylation sites is 1. The molecule has 1 saturated carbocycles. The van der Waals surface area contributed by atoms with Crippen molar-refractivity contribution < 1.29 is 14.3 Å². The van der Waals surface area contributed by atoms with E-state index in [0.29, 0.717) is 19.1 Å². The van der Waals surface area contributed by atoms with E-state index >= 15 is 0 Å². The predicted molar refractivity (Wildman–Crippen MR) is 87.7 cm³/mol. The largest absolute Gasteiger partial charge is 0.486 e. The summed E-state index contributed by atoms with van der Waals surface area (Å²) >= 11 is 0. The first-order chi connectivity index (χ1) is 11.3. The fourth-order valence-corrected chi connectivity index (χ4v) is 4.30. The first-order valence-electron chi connectivity index (χ1n) is 9.03. The third-order valence-corrected chi connectivity index (χ3v) is 5.45. The van der Waals surface area contributed by atoms with E-state index in [9.17, 15) is 4.79 Å². The lowest BCUT2D eigenvalue weighted by Gasteiger charge is -2.32. The number of amides is 1. The SMILES string of the molecule is O=C(C1CCCCC1)N1CCC[C@H]1c1cccc2c1OCCO2. The van der Waals surface area contributed by atoms with Gasteiger partial charge in [-0.2, -0.15) is 0 Å². The average molecular weight is 315 g/mol. The minimum Gasteiger partial charge on any atom is -0.486 e. The minimum atomic E-state index is 0.154. The molecule has 0 unspecified atom stereocenters. The number of ether oxygens (including phenoxy) is 2. The molecule has 1 aromatic rings. The minimum absolute atomic E-state index is 0.154. The Labute approximate surface area is 137 Å². The number of benzene rings is 1. The second kappa shape index (κ2) is 6.42. The summed E-state index contributed by atoms with van der Waals surface area (Å²) in [6, 6.07) is 6.23. The van der Waals surface area contributed by atoms with Crippen LogP contribution in [-0.4, -0.2) is 30.6 Å². The Hall–Kier alpha value is -1.71. The molecule has 1 atom stereocenters. The van der Waals surface area contributed by atoms with E-state index in [2.05, 4.69) is 11.0 Å². The maximum Gasteiger partial charge on any atom is 0.226 e. The van der Waals surface area contributed by atoms with Gasteiger partial charge in [0.05, 0.1) is 6.04 Å². The molecule has 124 valence electrons. The molecular formula is C19H25NO3. The lowest BCUT2D eigenvalue weighted by Crippen LogP contribution is -2.36. The molecule has 3 aliphatic rings. The van der Waals surface area contributed by atoms with Gasteiger partial charge in [-0.05, 0) is 31.7 Å². The molecule has 4 rings (SSSR count). The van der Waals surface area contributed by atoms with E-state index in [0.717, 1.165) is 49.3 Å². The maximum absolute atomic E-state index is 13.0. The monoisotopic (exact) mass is 315 g/mol. The Kier molecular flexibility index (Phi) is 4.15. The number of carbonyl (C=O) groups is 1. The van der Waals surface area contributed by atoms with Gasteiger partial charge in [-0.3, -0.25) is 4.79 Å². The average Bonchev–Trinajstić information content (AvgIpc) is 3.11. The predicted octanol–water partition coefficient (Wildman–Crippen LogP) is 3.70. The Bertz CT molecular complexity index is 580. The van der Waals surface area contributed by atoms with Gasteiger partial charge in [-0.1, -0.05) is 31.4 Å². The number of fused-ring (bicyclic) bond motifs is 1. The molecule has 1 aliphatic carbocycles. The van der Waals surface area contributed by atoms with Crippen LogP contribution in [0.1, 0.15) is 56.6 Å². The van der Waals surface area contributed by atoms with Crippen LogP contribution in [0.2, 0.25) is 0 Å². The molecule has 2 aliphatic heterocycles. The van der Waals surface area contributed by atoms with E-state index in [1.807, 2.05) is 12.1 Å². The lowest BCUT2D eigenvalue weighted by molar-refractivity contribution is -0.137. The van der Waals surface area contributed by atoms with Crippen LogP contribution in [0.4, 0.5) is 0 Å². The van der Waals surface area contributed by atoms with E-state index in [1.165, 1.54) is 19.3 Å². The van der Waals surface area contributed by atoms with Gasteiger partial charge in [-0.25, -0.2) is 0 Å². The van der Waals surface area contributed by atoms with Gasteiger partial charge in [0.1, 0.15) is 13.2 Å². The molecule has 2 fully saturated rings. The summed E-state index contributed by atoms with van der Waals surface area (Å²) in [5.41, 5.74) is 1.13. The highest BCUT2D eigenvalue weighted by molar-refractivity contribution is 5.80. The van der Waals surface area contributed by atoms with Crippen molar-refractivity contribution in [2.75, 3.05) is 19.8 Å². The quantitative estimate of drug-likeness (QED) is 0.835. The van der Waals surface area contributed by atoms with Crippen molar-refractivity contribution in [3.63, 3.8) is 0 Å². The van der Waals surface area contributed by atoms with Gasteiger partial charge in [0.15, 0.2) is 11.5 Å². The second-order valence-electron chi connectivity index (χ2n) is 6.90. The van der Waals surface area contributed by atoms with Crippen molar-refractivity contribution in [3.8, 4) is 11.5 Å². The fraction of sp³-hybridized carbons (Fsp3) is 0.632. The number of carbonyl (C=O) groups excluding carboxylic acids is 1. The van der Waals surface area contributed by atoms with Crippen LogP contribution in [0, 0.1) is 5.92 Å². The number of nitrogens with zero attached hydrogens (tertiary/aromatic N) is 1. The van der Waals surface area contributed by atoms with E-state index in [1.54, 1.807) is 0 Å². The van der Waals surface area contributed by atoms with E-state index < -0.39 is 0 Å². The Morgan fingerprint density at radius 1 is 1.00 bits per heavy atom. The normalized spacial score (nSPS) is 24.7. The number of rotatable bonds is 2. The molecule has 0 bridgehead atoms. The molecule has 2 heterocycles. The zero-order valence-electron chi connectivity index (χ0n) is 13.6. The maximum atomic E-state index is 13.0. The number of likely N-dealkylation sites (tertiary alicyclic amines) is 1. The molecule has 4 nitrogen and oxygen atoms in total. The van der Waals surface area contributed by atoms with Gasteiger partial charge < -0.3 is 14.4 Å². The smallest absolute Gasteiger partial charge is 0.226 e. The summed E-state index contributed by atoms with van der Waals surface area (Å²) in [7, 11) is 0. The molecule has 1 aromatic carbocycles. The van der Waals surface area contributed by atoms with Crippen molar-refractivity contribution in [3.05, 3.63) is 23.8 Å². The van der Waals surface area contributed by atoms with Crippen LogP contribution in [-0.2, 0) is 4.79 Å². The first-order valence-corrected chi connectivity index (χ1v) is 9.03. The van der Waals surface area contributed by atoms with Crippen molar-refractivity contribution >= 4 is 5.91 Å². The van der Waals surface area contributed by atoms with Gasteiger partial charge in [0.2, 0.25) is 5.91 Å². The molecule has 1 saturated heterocycles. The second-order valence-corrected chi connectivity index (χ2v) is 6.90. The summed E-state index contributed by atoms with van der Waals surface area (Å²) in [6.45, 7) is 2.07.